The number of nitrogens with one attached hydrogen (secondary N) is 3. The Morgan fingerprint density at radius 3 is 2.72 bits per heavy atom. The predicted molar refractivity (Wildman–Crippen MR) is 163 cm³/mol. The third-order valence-electron chi connectivity index (χ3n) is 8.87. The number of hydrogen-bond acceptors (Lipinski definition) is 10. The number of carbonyl (C=O) groups is 1. The van der Waals surface area contributed by atoms with Crippen LogP contribution in [0.3, 0.4) is 0 Å². The molecule has 0 bridgehead atoms. The second kappa shape index (κ2) is 13.7. The molecule has 1 amide bonds. The molecule has 2 fully saturated rings. The van der Waals surface area contributed by atoms with Crippen LogP contribution in [-0.2, 0) is 19.6 Å². The average Bonchev–Trinajstić information content (AvgIpc) is 3.47. The van der Waals surface area contributed by atoms with Crippen molar-refractivity contribution in [3.8, 4) is 5.75 Å². The number of aromatic nitrogens is 3. The van der Waals surface area contributed by atoms with Gasteiger partial charge in [-0.25, -0.2) is 9.97 Å². The molecule has 2 aliphatic heterocycles. The summed E-state index contributed by atoms with van der Waals surface area (Å²) in [4.78, 5) is 29.1. The highest BCUT2D eigenvalue weighted by Crippen LogP contribution is 2.26. The summed E-state index contributed by atoms with van der Waals surface area (Å²) in [5.74, 6) is 2.48. The van der Waals surface area contributed by atoms with E-state index in [2.05, 4.69) is 30.8 Å². The average molecular weight is 590 g/mol. The first kappa shape index (κ1) is 29.4. The van der Waals surface area contributed by atoms with Crippen molar-refractivity contribution in [1.29, 1.82) is 0 Å². The van der Waals surface area contributed by atoms with E-state index in [0.29, 0.717) is 48.8 Å². The molecule has 1 saturated heterocycles. The zero-order valence-electron chi connectivity index (χ0n) is 25.0. The second-order valence-electron chi connectivity index (χ2n) is 12.0. The fraction of sp³-hybridized carbons (Fsp3) is 0.562. The number of aliphatic hydroxyl groups is 1. The summed E-state index contributed by atoms with van der Waals surface area (Å²) in [6, 6.07) is 7.94. The van der Waals surface area contributed by atoms with E-state index in [-0.39, 0.29) is 18.5 Å². The van der Waals surface area contributed by atoms with Crippen LogP contribution in [0.4, 0.5) is 11.8 Å². The number of oxazole rings is 1. The maximum Gasteiger partial charge on any atom is 0.270 e. The lowest BCUT2D eigenvalue weighted by Crippen LogP contribution is -2.49. The van der Waals surface area contributed by atoms with Crippen molar-refractivity contribution in [1.82, 2.24) is 25.6 Å². The molecule has 6 rings (SSSR count). The van der Waals surface area contributed by atoms with E-state index in [1.54, 1.807) is 6.07 Å². The van der Waals surface area contributed by atoms with Crippen LogP contribution >= 0.6 is 0 Å². The number of fused-ring (bicyclic) bond motifs is 1. The van der Waals surface area contributed by atoms with Crippen LogP contribution < -0.4 is 25.6 Å². The molecule has 3 aliphatic rings. The van der Waals surface area contributed by atoms with Gasteiger partial charge in [-0.05, 0) is 68.7 Å². The number of anilines is 2. The lowest BCUT2D eigenvalue weighted by Gasteiger charge is -2.30. The number of rotatable bonds is 10. The molecule has 230 valence electrons. The van der Waals surface area contributed by atoms with Gasteiger partial charge in [-0.2, -0.15) is 4.98 Å². The van der Waals surface area contributed by atoms with Gasteiger partial charge in [-0.1, -0.05) is 25.3 Å². The van der Waals surface area contributed by atoms with E-state index in [4.69, 9.17) is 14.1 Å². The van der Waals surface area contributed by atoms with E-state index in [1.807, 2.05) is 25.1 Å². The number of piperidine rings is 1. The first-order valence-electron chi connectivity index (χ1n) is 15.8. The van der Waals surface area contributed by atoms with Crippen molar-refractivity contribution in [2.24, 2.45) is 0 Å². The Morgan fingerprint density at radius 1 is 1.12 bits per heavy atom. The first-order chi connectivity index (χ1) is 21.0. The smallest absolute Gasteiger partial charge is 0.270 e. The van der Waals surface area contributed by atoms with Gasteiger partial charge in [-0.15, -0.1) is 0 Å². The summed E-state index contributed by atoms with van der Waals surface area (Å²) < 4.78 is 11.3. The molecule has 2 aromatic heterocycles. The summed E-state index contributed by atoms with van der Waals surface area (Å²) in [7, 11) is 0. The molecule has 11 nitrogen and oxygen atoms in total. The minimum Gasteiger partial charge on any atom is -0.486 e. The molecule has 1 saturated carbocycles. The quantitative estimate of drug-likeness (QED) is 0.276. The summed E-state index contributed by atoms with van der Waals surface area (Å²) in [5.41, 5.74) is 3.43. The van der Waals surface area contributed by atoms with Gasteiger partial charge in [-0.3, -0.25) is 4.79 Å². The lowest BCUT2D eigenvalue weighted by molar-refractivity contribution is 0.0865. The topological polar surface area (TPSA) is 138 Å². The molecule has 1 aliphatic carbocycles. The van der Waals surface area contributed by atoms with E-state index in [0.717, 1.165) is 61.3 Å². The zero-order valence-corrected chi connectivity index (χ0v) is 25.0. The lowest BCUT2D eigenvalue weighted by atomic mass is 9.92. The summed E-state index contributed by atoms with van der Waals surface area (Å²) >= 11 is 0. The minimum atomic E-state index is -0.759. The number of ether oxygens (including phenoxy) is 1. The van der Waals surface area contributed by atoms with Gasteiger partial charge in [0.25, 0.3) is 5.91 Å². The molecule has 3 aromatic rings. The molecule has 11 heteroatoms. The van der Waals surface area contributed by atoms with E-state index < -0.39 is 6.10 Å². The van der Waals surface area contributed by atoms with Gasteiger partial charge in [0, 0.05) is 44.3 Å². The monoisotopic (exact) mass is 589 g/mol. The Hall–Kier alpha value is -3.70. The summed E-state index contributed by atoms with van der Waals surface area (Å²) in [6.45, 7) is 4.73. The van der Waals surface area contributed by atoms with Crippen LogP contribution in [0.15, 0.2) is 35.1 Å². The Balaban J connectivity index is 1.06. The maximum atomic E-state index is 13.3. The van der Waals surface area contributed by atoms with Crippen LogP contribution in [0.1, 0.15) is 84.4 Å². The second-order valence-corrected chi connectivity index (χ2v) is 12.0. The standard InChI is InChI=1S/C32H43N7O4/c1-21-29(43-20-35-21)19-42-25-11-10-22-15-26(33-17-23(22)14-25)28(40)18-34-31(41)27-16-30(36-24-8-4-2-5-9-24)38-32(37-27)39-12-6-3-7-13-39/h10-11,14,16,20,24,26,28,33,40H,2-9,12-13,15,17-19H2,1H3,(H,34,41)(H,36,37,38)/t26-,28+/m0/s1. The summed E-state index contributed by atoms with van der Waals surface area (Å²) in [6.07, 6.45) is 10.7. The fourth-order valence-corrected chi connectivity index (χ4v) is 6.24. The third-order valence-corrected chi connectivity index (χ3v) is 8.87. The maximum absolute atomic E-state index is 13.3. The van der Waals surface area contributed by atoms with Crippen molar-refractivity contribution in [3.05, 3.63) is 58.9 Å². The highest BCUT2D eigenvalue weighted by atomic mass is 16.5. The highest BCUT2D eigenvalue weighted by Gasteiger charge is 2.26. The highest BCUT2D eigenvalue weighted by molar-refractivity contribution is 5.93. The molecular weight excluding hydrogens is 546 g/mol. The molecule has 43 heavy (non-hydrogen) atoms. The van der Waals surface area contributed by atoms with Crippen molar-refractivity contribution in [3.63, 3.8) is 0 Å². The van der Waals surface area contributed by atoms with Gasteiger partial charge in [0.15, 0.2) is 12.2 Å². The minimum absolute atomic E-state index is 0.123. The molecule has 1 aromatic carbocycles. The van der Waals surface area contributed by atoms with Crippen LogP contribution in [-0.4, -0.2) is 63.8 Å². The number of benzene rings is 1. The number of amides is 1. The number of nitrogens with zero attached hydrogens (tertiary/aromatic N) is 4. The van der Waals surface area contributed by atoms with Gasteiger partial charge >= 0.3 is 0 Å². The van der Waals surface area contributed by atoms with Crippen molar-refractivity contribution >= 4 is 17.7 Å². The van der Waals surface area contributed by atoms with Crippen molar-refractivity contribution in [2.45, 2.75) is 96.1 Å². The molecule has 0 unspecified atom stereocenters. The number of carbonyl (C=O) groups excluding carboxylic acids is 1. The van der Waals surface area contributed by atoms with Crippen LogP contribution in [0.25, 0.3) is 0 Å². The Labute approximate surface area is 252 Å². The zero-order chi connectivity index (χ0) is 29.6. The van der Waals surface area contributed by atoms with Gasteiger partial charge in [0.1, 0.15) is 23.9 Å². The molecule has 4 N–H and O–H groups in total. The first-order valence-corrected chi connectivity index (χ1v) is 15.8. The predicted octanol–water partition coefficient (Wildman–Crippen LogP) is 3.89. The van der Waals surface area contributed by atoms with E-state index in [1.165, 1.54) is 32.1 Å². The number of aryl methyl sites for hydroxylation is 1. The fourth-order valence-electron chi connectivity index (χ4n) is 6.24. The SMILES string of the molecule is Cc1ncoc1COc1ccc2c(c1)CN[C@H]([C@H](O)CNC(=O)c1cc(NC3CCCCC3)nc(N3CCCCC3)n1)C2. The van der Waals surface area contributed by atoms with Gasteiger partial charge < -0.3 is 35.1 Å². The Bertz CT molecular complexity index is 1380. The van der Waals surface area contributed by atoms with Crippen LogP contribution in [0.5, 0.6) is 5.75 Å². The van der Waals surface area contributed by atoms with E-state index >= 15 is 0 Å². The third kappa shape index (κ3) is 7.45. The molecule has 0 radical (unpaired) electrons. The largest absolute Gasteiger partial charge is 0.486 e. The van der Waals surface area contributed by atoms with Crippen LogP contribution in [0, 0.1) is 6.92 Å². The number of hydrogen-bond donors (Lipinski definition) is 4. The van der Waals surface area contributed by atoms with Gasteiger partial charge in [0.2, 0.25) is 5.95 Å². The molecular formula is C32H43N7O4. The number of aliphatic hydroxyl groups excluding tert-OH is 1. The summed E-state index contributed by atoms with van der Waals surface area (Å²) in [5, 5.41) is 20.9. The molecule has 2 atom stereocenters. The Morgan fingerprint density at radius 2 is 1.93 bits per heavy atom. The van der Waals surface area contributed by atoms with Crippen molar-refractivity contribution < 1.29 is 19.1 Å². The normalized spacial score (nSPS) is 19.9. The van der Waals surface area contributed by atoms with Gasteiger partial charge in [0.05, 0.1) is 11.8 Å². The van der Waals surface area contributed by atoms with E-state index in [9.17, 15) is 9.90 Å². The van der Waals surface area contributed by atoms with Crippen molar-refractivity contribution in [2.75, 3.05) is 29.9 Å². The molecule has 4 heterocycles. The molecule has 0 spiro atoms. The van der Waals surface area contributed by atoms with Crippen LogP contribution in [0.2, 0.25) is 0 Å². The Kier molecular flexibility index (Phi) is 9.38.